The van der Waals surface area contributed by atoms with E-state index in [1.54, 1.807) is 18.2 Å². The Labute approximate surface area is 105 Å². The molecule has 6 heteroatoms. The first-order valence-corrected chi connectivity index (χ1v) is 5.58. The maximum Gasteiger partial charge on any atom is 0.255 e. The van der Waals surface area contributed by atoms with Crippen LogP contribution in [0.5, 0.6) is 11.5 Å². The summed E-state index contributed by atoms with van der Waals surface area (Å²) in [5.41, 5.74) is 5.68. The van der Waals surface area contributed by atoms with Gasteiger partial charge in [-0.25, -0.2) is 4.39 Å². The van der Waals surface area contributed by atoms with Crippen LogP contribution >= 0.6 is 0 Å². The van der Waals surface area contributed by atoms with Gasteiger partial charge in [0.25, 0.3) is 5.91 Å². The first kappa shape index (κ1) is 14.2. The molecular formula is C12H17FN2O3. The van der Waals surface area contributed by atoms with Crippen LogP contribution in [0, 0.1) is 0 Å². The predicted molar refractivity (Wildman–Crippen MR) is 65.9 cm³/mol. The molecule has 0 bridgehead atoms. The number of rotatable bonds is 7. The smallest absolute Gasteiger partial charge is 0.255 e. The first-order chi connectivity index (χ1) is 8.72. The van der Waals surface area contributed by atoms with Gasteiger partial charge in [-0.1, -0.05) is 0 Å². The molecular weight excluding hydrogens is 239 g/mol. The van der Waals surface area contributed by atoms with E-state index in [2.05, 4.69) is 5.32 Å². The Morgan fingerprint density at radius 3 is 2.89 bits per heavy atom. The summed E-state index contributed by atoms with van der Waals surface area (Å²) in [6.45, 7) is -0.0125. The van der Waals surface area contributed by atoms with Crippen molar-refractivity contribution < 1.29 is 18.7 Å². The molecule has 0 heterocycles. The fraction of sp³-hybridized carbons (Fsp3) is 0.417. The molecule has 0 radical (unpaired) electrons. The molecule has 0 aliphatic rings. The summed E-state index contributed by atoms with van der Waals surface area (Å²) < 4.78 is 22.4. The van der Waals surface area contributed by atoms with Gasteiger partial charge in [0.05, 0.1) is 12.7 Å². The average molecular weight is 256 g/mol. The molecule has 18 heavy (non-hydrogen) atoms. The summed E-state index contributed by atoms with van der Waals surface area (Å²) in [5, 5.41) is 2.44. The van der Waals surface area contributed by atoms with Crippen LogP contribution in [0.1, 0.15) is 10.4 Å². The number of methoxy groups -OCH3 is 1. The van der Waals surface area contributed by atoms with Gasteiger partial charge in [0.15, 0.2) is 0 Å². The van der Waals surface area contributed by atoms with Crippen LogP contribution in [0.2, 0.25) is 0 Å². The number of hydrogen-bond acceptors (Lipinski definition) is 4. The molecule has 0 fully saturated rings. The lowest BCUT2D eigenvalue weighted by Crippen LogP contribution is -2.26. The molecule has 0 aromatic heterocycles. The van der Waals surface area contributed by atoms with Gasteiger partial charge < -0.3 is 20.5 Å². The monoisotopic (exact) mass is 256 g/mol. The van der Waals surface area contributed by atoms with Crippen molar-refractivity contribution in [3.63, 3.8) is 0 Å². The number of nitrogens with two attached hydrogens (primary N) is 1. The van der Waals surface area contributed by atoms with Crippen molar-refractivity contribution in [1.29, 1.82) is 0 Å². The van der Waals surface area contributed by atoms with Gasteiger partial charge in [0.1, 0.15) is 24.8 Å². The highest BCUT2D eigenvalue weighted by Crippen LogP contribution is 2.24. The van der Waals surface area contributed by atoms with Crippen LogP contribution in [0.3, 0.4) is 0 Å². The normalized spacial score (nSPS) is 9.94. The van der Waals surface area contributed by atoms with Crippen LogP contribution < -0.4 is 20.5 Å². The van der Waals surface area contributed by atoms with E-state index in [0.29, 0.717) is 23.6 Å². The van der Waals surface area contributed by atoms with E-state index in [4.69, 9.17) is 15.2 Å². The largest absolute Gasteiger partial charge is 0.497 e. The molecule has 0 unspecified atom stereocenters. The minimum atomic E-state index is -0.610. The number of carbonyl (C=O) groups is 1. The van der Waals surface area contributed by atoms with Crippen molar-refractivity contribution in [2.45, 2.75) is 0 Å². The fourth-order valence-corrected chi connectivity index (χ4v) is 1.36. The number of amides is 1. The number of nitrogens with one attached hydrogen (secondary N) is 1. The van der Waals surface area contributed by atoms with Gasteiger partial charge in [0, 0.05) is 19.2 Å². The Hall–Kier alpha value is -1.82. The third-order valence-electron chi connectivity index (χ3n) is 2.19. The van der Waals surface area contributed by atoms with E-state index in [9.17, 15) is 9.18 Å². The molecule has 0 saturated carbocycles. The molecule has 0 atom stereocenters. The summed E-state index contributed by atoms with van der Waals surface area (Å²) in [7, 11) is 1.52. The van der Waals surface area contributed by atoms with Crippen molar-refractivity contribution in [3.8, 4) is 11.5 Å². The highest BCUT2D eigenvalue weighted by Gasteiger charge is 2.13. The standard InChI is InChI=1S/C12H17FN2O3/c1-17-9-2-3-10(12(16)15-6-4-13)11(8-9)18-7-5-14/h2-3,8H,4-7,14H2,1H3,(H,15,16). The number of halogens is 1. The molecule has 100 valence electrons. The summed E-state index contributed by atoms with van der Waals surface area (Å²) in [5.74, 6) is 0.558. The lowest BCUT2D eigenvalue weighted by Gasteiger charge is -2.12. The maximum atomic E-state index is 12.0. The van der Waals surface area contributed by atoms with Crippen molar-refractivity contribution in [1.82, 2.24) is 5.32 Å². The summed E-state index contributed by atoms with van der Waals surface area (Å²) >= 11 is 0. The van der Waals surface area contributed by atoms with E-state index in [1.165, 1.54) is 7.11 Å². The third-order valence-corrected chi connectivity index (χ3v) is 2.19. The van der Waals surface area contributed by atoms with Gasteiger partial charge >= 0.3 is 0 Å². The van der Waals surface area contributed by atoms with Gasteiger partial charge in [-0.3, -0.25) is 4.79 Å². The molecule has 1 aromatic rings. The third kappa shape index (κ3) is 3.89. The van der Waals surface area contributed by atoms with E-state index in [-0.39, 0.29) is 19.1 Å². The van der Waals surface area contributed by atoms with E-state index >= 15 is 0 Å². The van der Waals surface area contributed by atoms with Gasteiger partial charge in [-0.05, 0) is 12.1 Å². The quantitative estimate of drug-likeness (QED) is 0.754. The second-order valence-corrected chi connectivity index (χ2v) is 3.44. The van der Waals surface area contributed by atoms with Crippen LogP contribution in [-0.4, -0.2) is 39.4 Å². The SMILES string of the molecule is COc1ccc(C(=O)NCCF)c(OCCN)c1. The van der Waals surface area contributed by atoms with E-state index in [0.717, 1.165) is 0 Å². The lowest BCUT2D eigenvalue weighted by molar-refractivity contribution is 0.0947. The molecule has 3 N–H and O–H groups in total. The summed E-state index contributed by atoms with van der Waals surface area (Å²) in [4.78, 5) is 11.8. The number of carbonyl (C=O) groups excluding carboxylic acids is 1. The molecule has 0 aliphatic carbocycles. The highest BCUT2D eigenvalue weighted by atomic mass is 19.1. The first-order valence-electron chi connectivity index (χ1n) is 5.58. The average Bonchev–Trinajstić information content (AvgIpc) is 2.42. The van der Waals surface area contributed by atoms with Crippen molar-refractivity contribution in [3.05, 3.63) is 23.8 Å². The second kappa shape index (κ2) is 7.50. The van der Waals surface area contributed by atoms with Crippen molar-refractivity contribution >= 4 is 5.91 Å². The summed E-state index contributed by atoms with van der Waals surface area (Å²) in [6.07, 6.45) is 0. The van der Waals surface area contributed by atoms with Gasteiger partial charge in [0.2, 0.25) is 0 Å². The number of hydrogen-bond donors (Lipinski definition) is 2. The topological polar surface area (TPSA) is 73.6 Å². The van der Waals surface area contributed by atoms with Crippen LogP contribution in [0.25, 0.3) is 0 Å². The maximum absolute atomic E-state index is 12.0. The van der Waals surface area contributed by atoms with Crippen molar-refractivity contribution in [2.24, 2.45) is 5.73 Å². The van der Waals surface area contributed by atoms with E-state index in [1.807, 2.05) is 0 Å². The Morgan fingerprint density at radius 2 is 2.28 bits per heavy atom. The van der Waals surface area contributed by atoms with Crippen molar-refractivity contribution in [2.75, 3.05) is 33.5 Å². The zero-order valence-corrected chi connectivity index (χ0v) is 10.2. The highest BCUT2D eigenvalue weighted by molar-refractivity contribution is 5.97. The molecule has 1 aromatic carbocycles. The van der Waals surface area contributed by atoms with Crippen LogP contribution in [-0.2, 0) is 0 Å². The zero-order chi connectivity index (χ0) is 13.4. The fourth-order valence-electron chi connectivity index (χ4n) is 1.36. The molecule has 5 nitrogen and oxygen atoms in total. The Bertz CT molecular complexity index is 399. The van der Waals surface area contributed by atoms with Crippen LogP contribution in [0.15, 0.2) is 18.2 Å². The lowest BCUT2D eigenvalue weighted by atomic mass is 10.1. The second-order valence-electron chi connectivity index (χ2n) is 3.44. The predicted octanol–water partition coefficient (Wildman–Crippen LogP) is 0.732. The Morgan fingerprint density at radius 1 is 1.50 bits per heavy atom. The number of ether oxygens (including phenoxy) is 2. The van der Waals surface area contributed by atoms with Crippen LogP contribution in [0.4, 0.5) is 4.39 Å². The molecule has 0 spiro atoms. The summed E-state index contributed by atoms with van der Waals surface area (Å²) in [6, 6.07) is 4.80. The molecule has 1 amide bonds. The zero-order valence-electron chi connectivity index (χ0n) is 10.2. The molecule has 0 aliphatic heterocycles. The molecule has 1 rings (SSSR count). The van der Waals surface area contributed by atoms with Gasteiger partial charge in [-0.2, -0.15) is 0 Å². The Kier molecular flexibility index (Phi) is 5.93. The number of alkyl halides is 1. The minimum absolute atomic E-state index is 0.0266. The Balaban J connectivity index is 2.90. The number of benzene rings is 1. The minimum Gasteiger partial charge on any atom is -0.497 e. The van der Waals surface area contributed by atoms with E-state index < -0.39 is 6.67 Å². The molecule has 0 saturated heterocycles. The van der Waals surface area contributed by atoms with Gasteiger partial charge in [-0.15, -0.1) is 0 Å².